The summed E-state index contributed by atoms with van der Waals surface area (Å²) in [5.41, 5.74) is 2.92. The summed E-state index contributed by atoms with van der Waals surface area (Å²) in [7, 11) is 0. The average Bonchev–Trinajstić information content (AvgIpc) is 2.54. The van der Waals surface area contributed by atoms with Crippen LogP contribution in [-0.4, -0.2) is 36.6 Å². The van der Waals surface area contributed by atoms with Gasteiger partial charge in [0, 0.05) is 18.7 Å². The van der Waals surface area contributed by atoms with E-state index in [9.17, 15) is 9.59 Å². The van der Waals surface area contributed by atoms with E-state index in [2.05, 4.69) is 5.48 Å². The van der Waals surface area contributed by atoms with Crippen molar-refractivity contribution in [1.29, 1.82) is 0 Å². The summed E-state index contributed by atoms with van der Waals surface area (Å²) >= 11 is 0. The van der Waals surface area contributed by atoms with Crippen LogP contribution in [0.15, 0.2) is 30.3 Å². The Morgan fingerprint density at radius 2 is 2.10 bits per heavy atom. The van der Waals surface area contributed by atoms with Crippen LogP contribution in [0, 0.1) is 5.92 Å². The molecule has 0 aromatic heterocycles. The first kappa shape index (κ1) is 15.5. The van der Waals surface area contributed by atoms with Gasteiger partial charge in [0.25, 0.3) is 5.91 Å². The molecule has 6 heteroatoms. The molecular weight excluding hydrogens is 272 g/mol. The van der Waals surface area contributed by atoms with E-state index >= 15 is 0 Å². The number of rotatable bonds is 5. The molecule has 1 amide bonds. The fourth-order valence-corrected chi connectivity index (χ4v) is 2.23. The van der Waals surface area contributed by atoms with Crippen LogP contribution in [-0.2, 0) is 14.5 Å². The fraction of sp³-hybridized carbons (Fsp3) is 0.467. The van der Waals surface area contributed by atoms with Crippen LogP contribution >= 0.6 is 0 Å². The molecule has 1 heterocycles. The molecule has 6 nitrogen and oxygen atoms in total. The number of benzene rings is 1. The Morgan fingerprint density at radius 3 is 2.81 bits per heavy atom. The maximum absolute atomic E-state index is 11.9. The minimum atomic E-state index is -0.311. The maximum Gasteiger partial charge on any atom is 0.310 e. The number of amides is 1. The number of nitrogens with one attached hydrogen (secondary N) is 1. The van der Waals surface area contributed by atoms with Gasteiger partial charge in [-0.05, 0) is 31.9 Å². The predicted molar refractivity (Wildman–Crippen MR) is 75.9 cm³/mol. The third-order valence-corrected chi connectivity index (χ3v) is 3.31. The molecule has 0 spiro atoms. The van der Waals surface area contributed by atoms with E-state index in [1.54, 1.807) is 36.3 Å². The van der Waals surface area contributed by atoms with E-state index < -0.39 is 0 Å². The zero-order valence-electron chi connectivity index (χ0n) is 12.1. The number of hydrogen-bond donors (Lipinski definition) is 1. The highest BCUT2D eigenvalue weighted by atomic mass is 16.8. The van der Waals surface area contributed by atoms with Crippen LogP contribution in [0.3, 0.4) is 0 Å². The van der Waals surface area contributed by atoms with Crippen LogP contribution in [0.5, 0.6) is 0 Å². The number of esters is 1. The summed E-state index contributed by atoms with van der Waals surface area (Å²) < 4.78 is 5.02. The minimum absolute atomic E-state index is 0.202. The summed E-state index contributed by atoms with van der Waals surface area (Å²) in [6.45, 7) is 3.26. The van der Waals surface area contributed by atoms with Crippen molar-refractivity contribution < 1.29 is 19.3 Å². The van der Waals surface area contributed by atoms with Crippen molar-refractivity contribution in [3.63, 3.8) is 0 Å². The molecule has 1 N–H and O–H groups in total. The van der Waals surface area contributed by atoms with E-state index in [1.165, 1.54) is 0 Å². The van der Waals surface area contributed by atoms with E-state index in [0.29, 0.717) is 25.3 Å². The number of ether oxygens (including phenoxy) is 1. The molecule has 1 aromatic rings. The molecule has 0 aliphatic carbocycles. The van der Waals surface area contributed by atoms with Gasteiger partial charge < -0.3 is 4.74 Å². The Kier molecular flexibility index (Phi) is 5.71. The van der Waals surface area contributed by atoms with E-state index in [0.717, 1.165) is 12.8 Å². The normalized spacial score (nSPS) is 19.0. The van der Waals surface area contributed by atoms with Crippen molar-refractivity contribution in [3.8, 4) is 0 Å². The van der Waals surface area contributed by atoms with E-state index in [1.807, 2.05) is 6.07 Å². The van der Waals surface area contributed by atoms with Gasteiger partial charge in [0.2, 0.25) is 0 Å². The molecule has 0 radical (unpaired) electrons. The molecule has 1 aliphatic rings. The molecule has 1 aromatic carbocycles. The fourth-order valence-electron chi connectivity index (χ4n) is 2.23. The Morgan fingerprint density at radius 1 is 1.33 bits per heavy atom. The Labute approximate surface area is 123 Å². The second-order valence-electron chi connectivity index (χ2n) is 4.87. The summed E-state index contributed by atoms with van der Waals surface area (Å²) in [6.07, 6.45) is 1.61. The lowest BCUT2D eigenvalue weighted by Gasteiger charge is -2.29. The lowest BCUT2D eigenvalue weighted by atomic mass is 10.00. The third kappa shape index (κ3) is 4.54. The van der Waals surface area contributed by atoms with Crippen LogP contribution < -0.4 is 5.48 Å². The number of hydrogen-bond acceptors (Lipinski definition) is 5. The summed E-state index contributed by atoms with van der Waals surface area (Å²) in [5.74, 6) is -0.721. The Balaban J connectivity index is 1.80. The number of nitrogens with zero attached hydrogens (tertiary/aromatic N) is 1. The molecule has 2 rings (SSSR count). The van der Waals surface area contributed by atoms with Gasteiger partial charge in [-0.1, -0.05) is 18.2 Å². The molecule has 0 bridgehead atoms. The average molecular weight is 292 g/mol. The van der Waals surface area contributed by atoms with Crippen LogP contribution in [0.2, 0.25) is 0 Å². The van der Waals surface area contributed by atoms with Crippen LogP contribution in [0.1, 0.15) is 30.1 Å². The summed E-state index contributed by atoms with van der Waals surface area (Å²) in [5, 5.41) is 1.59. The molecule has 1 aliphatic heterocycles. The van der Waals surface area contributed by atoms with Gasteiger partial charge >= 0.3 is 5.97 Å². The first-order chi connectivity index (χ1) is 10.2. The predicted octanol–water partition coefficient (Wildman–Crippen LogP) is 1.54. The van der Waals surface area contributed by atoms with Crippen molar-refractivity contribution in [2.75, 3.05) is 19.7 Å². The molecule has 1 fully saturated rings. The third-order valence-electron chi connectivity index (χ3n) is 3.31. The lowest BCUT2D eigenvalue weighted by molar-refractivity contribution is -0.215. The van der Waals surface area contributed by atoms with E-state index in [-0.39, 0.29) is 17.8 Å². The van der Waals surface area contributed by atoms with Crippen molar-refractivity contribution in [2.45, 2.75) is 19.8 Å². The van der Waals surface area contributed by atoms with Gasteiger partial charge in [0.15, 0.2) is 0 Å². The van der Waals surface area contributed by atoms with Gasteiger partial charge in [0.05, 0.1) is 12.5 Å². The van der Waals surface area contributed by atoms with Crippen LogP contribution in [0.25, 0.3) is 0 Å². The van der Waals surface area contributed by atoms with Gasteiger partial charge in [0.1, 0.15) is 0 Å². The molecule has 1 saturated heterocycles. The maximum atomic E-state index is 11.9. The van der Waals surface area contributed by atoms with Crippen molar-refractivity contribution in [2.24, 2.45) is 5.92 Å². The topological polar surface area (TPSA) is 67.9 Å². The summed E-state index contributed by atoms with van der Waals surface area (Å²) in [6, 6.07) is 8.82. The minimum Gasteiger partial charge on any atom is -0.466 e. The smallest absolute Gasteiger partial charge is 0.310 e. The van der Waals surface area contributed by atoms with Crippen molar-refractivity contribution in [3.05, 3.63) is 35.9 Å². The van der Waals surface area contributed by atoms with Crippen molar-refractivity contribution >= 4 is 11.9 Å². The number of piperidine rings is 1. The molecule has 1 atom stereocenters. The number of carbonyl (C=O) groups is 2. The highest BCUT2D eigenvalue weighted by molar-refractivity contribution is 5.93. The van der Waals surface area contributed by atoms with E-state index in [4.69, 9.17) is 9.68 Å². The first-order valence-corrected chi connectivity index (χ1v) is 7.14. The highest BCUT2D eigenvalue weighted by Crippen LogP contribution is 2.17. The van der Waals surface area contributed by atoms with Gasteiger partial charge in [-0.25, -0.2) is 5.48 Å². The summed E-state index contributed by atoms with van der Waals surface area (Å²) in [4.78, 5) is 28.8. The standard InChI is InChI=1S/C15H20N2O4/c1-2-20-15(19)13-9-6-10-17(11-13)21-16-14(18)12-7-4-3-5-8-12/h3-5,7-8,13H,2,6,9-11H2,1H3,(H,16,18). The molecule has 114 valence electrons. The largest absolute Gasteiger partial charge is 0.466 e. The Bertz CT molecular complexity index is 478. The first-order valence-electron chi connectivity index (χ1n) is 7.14. The molecule has 1 unspecified atom stereocenters. The quantitative estimate of drug-likeness (QED) is 0.658. The number of hydroxylamine groups is 3. The van der Waals surface area contributed by atoms with Gasteiger partial charge in [-0.2, -0.15) is 10.0 Å². The molecular formula is C15H20N2O4. The molecule has 0 saturated carbocycles. The number of carbonyl (C=O) groups excluding carboxylic acids is 2. The Hall–Kier alpha value is -1.92. The second-order valence-corrected chi connectivity index (χ2v) is 4.87. The highest BCUT2D eigenvalue weighted by Gasteiger charge is 2.28. The van der Waals surface area contributed by atoms with Crippen LogP contribution in [0.4, 0.5) is 0 Å². The van der Waals surface area contributed by atoms with Gasteiger partial charge in [-0.15, -0.1) is 0 Å². The lowest BCUT2D eigenvalue weighted by Crippen LogP contribution is -2.43. The SMILES string of the molecule is CCOC(=O)C1CCCN(ONC(=O)c2ccccc2)C1. The second kappa shape index (κ2) is 7.75. The monoisotopic (exact) mass is 292 g/mol. The van der Waals surface area contributed by atoms with Crippen molar-refractivity contribution in [1.82, 2.24) is 10.5 Å². The van der Waals surface area contributed by atoms with Gasteiger partial charge in [-0.3, -0.25) is 9.59 Å². The molecule has 21 heavy (non-hydrogen) atoms. The zero-order valence-corrected chi connectivity index (χ0v) is 12.1. The zero-order chi connectivity index (χ0) is 15.1.